The van der Waals surface area contributed by atoms with Crippen LogP contribution in [0.4, 0.5) is 0 Å². The quantitative estimate of drug-likeness (QED) is 0.512. The van der Waals surface area contributed by atoms with E-state index in [1.54, 1.807) is 25.1 Å². The van der Waals surface area contributed by atoms with E-state index in [1.807, 2.05) is 44.2 Å². The van der Waals surface area contributed by atoms with Crippen LogP contribution in [-0.4, -0.2) is 45.0 Å². The van der Waals surface area contributed by atoms with E-state index in [0.29, 0.717) is 12.2 Å². The monoisotopic (exact) mass is 466 g/mol. The minimum absolute atomic E-state index is 0.0579. The highest BCUT2D eigenvalue weighted by Crippen LogP contribution is 2.53. The van der Waals surface area contributed by atoms with Gasteiger partial charge in [-0.05, 0) is 30.9 Å². The van der Waals surface area contributed by atoms with Crippen molar-refractivity contribution in [2.75, 3.05) is 6.61 Å². The van der Waals surface area contributed by atoms with Crippen molar-refractivity contribution in [2.45, 2.75) is 45.3 Å². The molecular weight excluding hydrogens is 436 g/mol. The summed E-state index contributed by atoms with van der Waals surface area (Å²) in [5, 5.41) is 24.4. The van der Waals surface area contributed by atoms with E-state index in [4.69, 9.17) is 4.74 Å². The molecule has 34 heavy (non-hydrogen) atoms. The normalized spacial score (nSPS) is 26.2. The SMILES string of the molecule is CCOc1cccc([C@@H]2N[C@](CC(C)C)(C(=O)O)[C@@H]3C(=O)N(Cc4ccccc4)C(=O)[C@@H]32)c1O. The molecule has 0 aromatic heterocycles. The zero-order chi connectivity index (χ0) is 24.6. The lowest BCUT2D eigenvalue weighted by Crippen LogP contribution is -2.56. The van der Waals surface area contributed by atoms with Crippen molar-refractivity contribution in [3.63, 3.8) is 0 Å². The Morgan fingerprint density at radius 3 is 2.44 bits per heavy atom. The lowest BCUT2D eigenvalue weighted by atomic mass is 9.75. The van der Waals surface area contributed by atoms with Gasteiger partial charge in [0.25, 0.3) is 0 Å². The Kier molecular flexibility index (Phi) is 6.36. The lowest BCUT2D eigenvalue weighted by Gasteiger charge is -2.32. The number of hydrogen-bond acceptors (Lipinski definition) is 6. The smallest absolute Gasteiger partial charge is 0.324 e. The van der Waals surface area contributed by atoms with Crippen molar-refractivity contribution in [1.82, 2.24) is 10.2 Å². The maximum absolute atomic E-state index is 13.7. The first-order valence-electron chi connectivity index (χ1n) is 11.6. The molecule has 2 amide bonds. The van der Waals surface area contributed by atoms with E-state index in [0.717, 1.165) is 5.56 Å². The van der Waals surface area contributed by atoms with Gasteiger partial charge >= 0.3 is 5.97 Å². The van der Waals surface area contributed by atoms with E-state index in [9.17, 15) is 24.6 Å². The number of carbonyl (C=O) groups excluding carboxylic acids is 2. The number of nitrogens with zero attached hydrogens (tertiary/aromatic N) is 1. The lowest BCUT2D eigenvalue weighted by molar-refractivity contribution is -0.152. The van der Waals surface area contributed by atoms with Gasteiger partial charge in [0.2, 0.25) is 11.8 Å². The Balaban J connectivity index is 1.82. The largest absolute Gasteiger partial charge is 0.504 e. The molecule has 2 aliphatic heterocycles. The van der Waals surface area contributed by atoms with E-state index in [1.165, 1.54) is 4.90 Å². The second-order valence-corrected chi connectivity index (χ2v) is 9.38. The maximum atomic E-state index is 13.7. The zero-order valence-corrected chi connectivity index (χ0v) is 19.5. The summed E-state index contributed by atoms with van der Waals surface area (Å²) in [5.74, 6) is -4.15. The summed E-state index contributed by atoms with van der Waals surface area (Å²) in [7, 11) is 0. The number of ether oxygens (including phenoxy) is 1. The van der Waals surface area contributed by atoms with E-state index in [-0.39, 0.29) is 30.4 Å². The summed E-state index contributed by atoms with van der Waals surface area (Å²) in [6.07, 6.45) is 0.157. The summed E-state index contributed by atoms with van der Waals surface area (Å²) in [6.45, 7) is 5.95. The van der Waals surface area contributed by atoms with E-state index < -0.39 is 41.2 Å². The highest BCUT2D eigenvalue weighted by Gasteiger charge is 2.68. The third-order valence-electron chi connectivity index (χ3n) is 6.71. The third-order valence-corrected chi connectivity index (χ3v) is 6.71. The molecule has 4 atom stereocenters. The van der Waals surface area contributed by atoms with E-state index in [2.05, 4.69) is 5.32 Å². The predicted molar refractivity (Wildman–Crippen MR) is 124 cm³/mol. The number of para-hydroxylation sites is 1. The van der Waals surface area contributed by atoms with Gasteiger partial charge in [-0.3, -0.25) is 24.6 Å². The molecule has 0 bridgehead atoms. The fraction of sp³-hybridized carbons (Fsp3) is 0.423. The van der Waals surface area contributed by atoms with Gasteiger partial charge < -0.3 is 14.9 Å². The number of aromatic hydroxyl groups is 1. The third kappa shape index (κ3) is 3.81. The average Bonchev–Trinajstić information content (AvgIpc) is 3.25. The van der Waals surface area contributed by atoms with Crippen molar-refractivity contribution in [2.24, 2.45) is 17.8 Å². The zero-order valence-electron chi connectivity index (χ0n) is 19.5. The van der Waals surface area contributed by atoms with Crippen LogP contribution in [0.5, 0.6) is 11.5 Å². The molecule has 2 aromatic rings. The van der Waals surface area contributed by atoms with Crippen molar-refractivity contribution in [3.05, 3.63) is 59.7 Å². The average molecular weight is 467 g/mol. The Morgan fingerprint density at radius 1 is 1.12 bits per heavy atom. The van der Waals surface area contributed by atoms with Gasteiger partial charge in [0, 0.05) is 11.6 Å². The van der Waals surface area contributed by atoms with Crippen LogP contribution in [0.25, 0.3) is 0 Å². The number of carbonyl (C=O) groups is 3. The first-order valence-corrected chi connectivity index (χ1v) is 11.6. The molecule has 0 aliphatic carbocycles. The van der Waals surface area contributed by atoms with Crippen molar-refractivity contribution in [1.29, 1.82) is 0 Å². The molecule has 0 unspecified atom stereocenters. The molecule has 180 valence electrons. The van der Waals surface area contributed by atoms with Gasteiger partial charge in [-0.25, -0.2) is 0 Å². The number of phenols is 1. The first-order chi connectivity index (χ1) is 16.2. The molecule has 3 N–H and O–H groups in total. The van der Waals surface area contributed by atoms with Crippen LogP contribution in [0.1, 0.15) is 44.4 Å². The molecule has 2 heterocycles. The fourth-order valence-corrected chi connectivity index (χ4v) is 5.43. The summed E-state index contributed by atoms with van der Waals surface area (Å²) in [4.78, 5) is 41.2. The van der Waals surface area contributed by atoms with Crippen molar-refractivity contribution >= 4 is 17.8 Å². The van der Waals surface area contributed by atoms with Crippen LogP contribution in [0, 0.1) is 17.8 Å². The Hall–Kier alpha value is -3.39. The van der Waals surface area contributed by atoms with E-state index >= 15 is 0 Å². The minimum Gasteiger partial charge on any atom is -0.504 e. The molecule has 4 rings (SSSR count). The Labute approximate surface area is 198 Å². The summed E-state index contributed by atoms with van der Waals surface area (Å²) < 4.78 is 5.50. The Bertz CT molecular complexity index is 1100. The first kappa shape index (κ1) is 23.8. The van der Waals surface area contributed by atoms with Crippen molar-refractivity contribution in [3.8, 4) is 11.5 Å². The number of imide groups is 1. The number of aliphatic carboxylic acids is 1. The second-order valence-electron chi connectivity index (χ2n) is 9.38. The van der Waals surface area contributed by atoms with Crippen LogP contribution in [0.2, 0.25) is 0 Å². The number of nitrogens with one attached hydrogen (secondary N) is 1. The summed E-state index contributed by atoms with van der Waals surface area (Å²) in [6, 6.07) is 13.2. The predicted octanol–water partition coefficient (Wildman–Crippen LogP) is 3.11. The Morgan fingerprint density at radius 2 is 1.82 bits per heavy atom. The van der Waals surface area contributed by atoms with Crippen LogP contribution >= 0.6 is 0 Å². The van der Waals surface area contributed by atoms with Crippen LogP contribution < -0.4 is 10.1 Å². The minimum atomic E-state index is -1.64. The van der Waals surface area contributed by atoms with Gasteiger partial charge in [0.15, 0.2) is 11.5 Å². The van der Waals surface area contributed by atoms with Gasteiger partial charge in [-0.2, -0.15) is 0 Å². The van der Waals surface area contributed by atoms with Gasteiger partial charge in [-0.1, -0.05) is 56.3 Å². The number of benzene rings is 2. The van der Waals surface area contributed by atoms with Crippen LogP contribution in [-0.2, 0) is 20.9 Å². The molecular formula is C26H30N2O6. The summed E-state index contributed by atoms with van der Waals surface area (Å²) in [5.41, 5.74) is -0.523. The molecule has 0 saturated carbocycles. The van der Waals surface area contributed by atoms with Gasteiger partial charge in [0.1, 0.15) is 5.54 Å². The standard InChI is InChI=1S/C26H30N2O6/c1-4-34-18-12-8-11-17(22(18)29)21-19-20(26(27-21,25(32)33)13-15(2)3)24(31)28(23(19)30)14-16-9-6-5-7-10-16/h5-12,15,19-21,27,29H,4,13-14H2,1-3H3,(H,32,33)/t19-,20-,21-,26-/m0/s1. The molecule has 2 aromatic carbocycles. The molecule has 0 spiro atoms. The number of hydrogen-bond donors (Lipinski definition) is 3. The molecule has 8 nitrogen and oxygen atoms in total. The number of phenolic OH excluding ortho intramolecular Hbond substituents is 1. The topological polar surface area (TPSA) is 116 Å². The highest BCUT2D eigenvalue weighted by molar-refractivity contribution is 6.09. The number of carboxylic acid groups (broad SMARTS) is 1. The molecule has 0 radical (unpaired) electrons. The number of fused-ring (bicyclic) bond motifs is 1. The fourth-order valence-electron chi connectivity index (χ4n) is 5.43. The summed E-state index contributed by atoms with van der Waals surface area (Å²) >= 11 is 0. The second kappa shape index (κ2) is 9.10. The molecule has 2 fully saturated rings. The number of likely N-dealkylation sites (tertiary alicyclic amines) is 1. The number of carboxylic acids is 1. The number of amides is 2. The van der Waals surface area contributed by atoms with Crippen molar-refractivity contribution < 1.29 is 29.3 Å². The molecule has 2 aliphatic rings. The van der Waals surface area contributed by atoms with Crippen LogP contribution in [0.3, 0.4) is 0 Å². The van der Waals surface area contributed by atoms with Gasteiger partial charge in [-0.15, -0.1) is 0 Å². The van der Waals surface area contributed by atoms with Gasteiger partial charge in [0.05, 0.1) is 25.0 Å². The number of rotatable bonds is 8. The maximum Gasteiger partial charge on any atom is 0.324 e. The molecule has 8 heteroatoms. The van der Waals surface area contributed by atoms with Crippen LogP contribution in [0.15, 0.2) is 48.5 Å². The highest BCUT2D eigenvalue weighted by atomic mass is 16.5. The molecule has 2 saturated heterocycles.